The summed E-state index contributed by atoms with van der Waals surface area (Å²) in [4.78, 5) is 78.2. The van der Waals surface area contributed by atoms with Crippen molar-refractivity contribution >= 4 is 47.3 Å². The number of nitrogens with one attached hydrogen (secondary N) is 5. The molecule has 0 saturated carbocycles. The summed E-state index contributed by atoms with van der Waals surface area (Å²) in [5.74, 6) is -3.91. The number of thioether (sulfide) groups is 1. The number of hydrogen-bond acceptors (Lipinski definition) is 7. The number of aliphatic carboxylic acids is 1. The zero-order valence-electron chi connectivity index (χ0n) is 29.2. The maximum Gasteiger partial charge on any atom is 0.326 e. The van der Waals surface area contributed by atoms with Crippen molar-refractivity contribution in [3.05, 3.63) is 71.8 Å². The molecular weight excluding hydrogens is 646 g/mol. The minimum atomic E-state index is -1.17. The summed E-state index contributed by atoms with van der Waals surface area (Å²) >= 11 is 1.46. The topological polar surface area (TPSA) is 183 Å². The molecule has 12 nitrogen and oxygen atoms in total. The molecular formula is C36H51N5O7S. The molecule has 0 aromatic heterocycles. The van der Waals surface area contributed by atoms with E-state index in [0.29, 0.717) is 5.75 Å². The second kappa shape index (κ2) is 20.9. The minimum absolute atomic E-state index is 0.0272. The van der Waals surface area contributed by atoms with Crippen molar-refractivity contribution in [1.82, 2.24) is 26.6 Å². The summed E-state index contributed by atoms with van der Waals surface area (Å²) in [5.41, 5.74) is 1.56. The molecule has 0 radical (unpaired) electrons. The van der Waals surface area contributed by atoms with Crippen LogP contribution < -0.4 is 26.6 Å². The van der Waals surface area contributed by atoms with Gasteiger partial charge in [0.15, 0.2) is 0 Å². The lowest BCUT2D eigenvalue weighted by Crippen LogP contribution is -2.60. The normalized spacial score (nSPS) is 14.1. The van der Waals surface area contributed by atoms with Crippen molar-refractivity contribution in [3.63, 3.8) is 0 Å². The van der Waals surface area contributed by atoms with Crippen LogP contribution >= 0.6 is 11.8 Å². The Balaban J connectivity index is 2.32. The van der Waals surface area contributed by atoms with E-state index < -0.39 is 71.6 Å². The molecule has 2 rings (SSSR count). The lowest BCUT2D eigenvalue weighted by atomic mass is 9.98. The van der Waals surface area contributed by atoms with Gasteiger partial charge in [-0.2, -0.15) is 11.8 Å². The van der Waals surface area contributed by atoms with Gasteiger partial charge in [0, 0.05) is 19.8 Å². The Labute approximate surface area is 293 Å². The average Bonchev–Trinajstić information content (AvgIpc) is 3.04. The monoisotopic (exact) mass is 697 g/mol. The van der Waals surface area contributed by atoms with Gasteiger partial charge in [0.25, 0.3) is 0 Å². The molecule has 0 aliphatic rings. The van der Waals surface area contributed by atoms with Crippen molar-refractivity contribution < 1.29 is 33.9 Å². The fraction of sp³-hybridized carbons (Fsp3) is 0.500. The predicted molar refractivity (Wildman–Crippen MR) is 191 cm³/mol. The second-order valence-electron chi connectivity index (χ2n) is 12.8. The summed E-state index contributed by atoms with van der Waals surface area (Å²) in [6.45, 7) is 8.56. The fourth-order valence-corrected chi connectivity index (χ4v) is 5.63. The number of carboxylic acids is 1. The predicted octanol–water partition coefficient (Wildman–Crippen LogP) is 2.46. The van der Waals surface area contributed by atoms with Crippen LogP contribution in [0.4, 0.5) is 0 Å². The first-order valence-electron chi connectivity index (χ1n) is 16.5. The summed E-state index contributed by atoms with van der Waals surface area (Å²) < 4.78 is 0. The zero-order chi connectivity index (χ0) is 36.5. The van der Waals surface area contributed by atoms with E-state index >= 15 is 0 Å². The van der Waals surface area contributed by atoms with Gasteiger partial charge in [-0.1, -0.05) is 88.4 Å². The molecule has 0 saturated heterocycles. The highest BCUT2D eigenvalue weighted by atomic mass is 32.2. The Morgan fingerprint density at radius 2 is 1.08 bits per heavy atom. The number of rotatable bonds is 20. The van der Waals surface area contributed by atoms with Gasteiger partial charge in [-0.25, -0.2) is 4.79 Å². The van der Waals surface area contributed by atoms with Crippen molar-refractivity contribution in [2.24, 2.45) is 11.8 Å². The molecule has 0 heterocycles. The first-order chi connectivity index (χ1) is 23.2. The molecule has 0 bridgehead atoms. The van der Waals surface area contributed by atoms with E-state index in [1.807, 2.05) is 56.5 Å². The number of carbonyl (C=O) groups is 6. The van der Waals surface area contributed by atoms with Gasteiger partial charge in [-0.05, 0) is 47.8 Å². The van der Waals surface area contributed by atoms with Crippen molar-refractivity contribution in [3.8, 4) is 0 Å². The van der Waals surface area contributed by atoms with Gasteiger partial charge in [0.1, 0.15) is 30.2 Å². The maximum absolute atomic E-state index is 13.9. The highest BCUT2D eigenvalue weighted by Gasteiger charge is 2.33. The standard InChI is InChI=1S/C36H51N5O7S/c1-22(2)19-28(32(43)38-27(36(47)48)17-18-49-6)39-33(44)30(21-26-15-11-8-12-16-26)40-35(46)31(23(3)4)41-34(45)29(37-24(5)42)20-25-13-9-7-10-14-25/h7-16,22-23,27-31H,17-21H2,1-6H3,(H,37,42)(H,38,43)(H,39,44)(H,40,46)(H,41,45)(H,47,48)/t27-,28-,29-,30-,31-/m0/s1. The van der Waals surface area contributed by atoms with Crippen LogP contribution in [0.1, 0.15) is 58.6 Å². The fourth-order valence-electron chi connectivity index (χ4n) is 5.15. The summed E-state index contributed by atoms with van der Waals surface area (Å²) in [6.07, 6.45) is 2.58. The van der Waals surface area contributed by atoms with E-state index in [0.717, 1.165) is 11.1 Å². The Morgan fingerprint density at radius 1 is 0.633 bits per heavy atom. The largest absolute Gasteiger partial charge is 0.480 e. The average molecular weight is 698 g/mol. The molecule has 268 valence electrons. The zero-order valence-corrected chi connectivity index (χ0v) is 30.0. The SMILES string of the molecule is CSCC[C@H](NC(=O)[C@H](CC(C)C)NC(=O)[C@H](Cc1ccccc1)NC(=O)[C@@H](NC(=O)[C@H](Cc1ccccc1)NC(C)=O)C(C)C)C(=O)O. The number of carbonyl (C=O) groups excluding carboxylic acids is 5. The lowest BCUT2D eigenvalue weighted by Gasteiger charge is -2.28. The van der Waals surface area contributed by atoms with Crippen LogP contribution in [0, 0.1) is 11.8 Å². The highest BCUT2D eigenvalue weighted by Crippen LogP contribution is 2.12. The molecule has 0 aliphatic carbocycles. The Hall–Kier alpha value is -4.39. The number of benzene rings is 2. The molecule has 13 heteroatoms. The third kappa shape index (κ3) is 14.7. The first kappa shape index (κ1) is 40.8. The van der Waals surface area contributed by atoms with Crippen LogP contribution in [0.2, 0.25) is 0 Å². The smallest absolute Gasteiger partial charge is 0.326 e. The van der Waals surface area contributed by atoms with E-state index in [1.54, 1.807) is 38.1 Å². The Bertz CT molecular complexity index is 1390. The van der Waals surface area contributed by atoms with Crippen LogP contribution in [0.25, 0.3) is 0 Å². The van der Waals surface area contributed by atoms with E-state index in [2.05, 4.69) is 26.6 Å². The molecule has 5 atom stereocenters. The highest BCUT2D eigenvalue weighted by molar-refractivity contribution is 7.98. The number of carboxylic acid groups (broad SMARTS) is 1. The van der Waals surface area contributed by atoms with Gasteiger partial charge in [-0.15, -0.1) is 0 Å². The third-order valence-electron chi connectivity index (χ3n) is 7.70. The van der Waals surface area contributed by atoms with Gasteiger partial charge >= 0.3 is 5.97 Å². The van der Waals surface area contributed by atoms with E-state index in [-0.39, 0.29) is 31.6 Å². The van der Waals surface area contributed by atoms with Crippen LogP contribution in [-0.4, -0.2) is 82.8 Å². The number of hydrogen-bond donors (Lipinski definition) is 6. The summed E-state index contributed by atoms with van der Waals surface area (Å²) in [7, 11) is 0. The molecule has 6 N–H and O–H groups in total. The Kier molecular flexibility index (Phi) is 17.4. The molecule has 0 spiro atoms. The van der Waals surface area contributed by atoms with Crippen LogP contribution in [0.15, 0.2) is 60.7 Å². The van der Waals surface area contributed by atoms with E-state index in [1.165, 1.54) is 18.7 Å². The van der Waals surface area contributed by atoms with Crippen LogP contribution in [0.3, 0.4) is 0 Å². The van der Waals surface area contributed by atoms with Crippen molar-refractivity contribution in [1.29, 1.82) is 0 Å². The first-order valence-corrected chi connectivity index (χ1v) is 17.9. The minimum Gasteiger partial charge on any atom is -0.480 e. The van der Waals surface area contributed by atoms with E-state index in [9.17, 15) is 33.9 Å². The quantitative estimate of drug-likeness (QED) is 0.122. The van der Waals surface area contributed by atoms with Gasteiger partial charge < -0.3 is 31.7 Å². The van der Waals surface area contributed by atoms with Gasteiger partial charge in [-0.3, -0.25) is 24.0 Å². The van der Waals surface area contributed by atoms with Gasteiger partial charge in [0.2, 0.25) is 29.5 Å². The molecule has 0 fully saturated rings. The molecule has 49 heavy (non-hydrogen) atoms. The summed E-state index contributed by atoms with van der Waals surface area (Å²) in [6, 6.07) is 12.9. The number of amides is 5. The Morgan fingerprint density at radius 3 is 1.53 bits per heavy atom. The molecule has 2 aromatic carbocycles. The van der Waals surface area contributed by atoms with Crippen molar-refractivity contribution in [2.75, 3.05) is 12.0 Å². The van der Waals surface area contributed by atoms with E-state index in [4.69, 9.17) is 0 Å². The van der Waals surface area contributed by atoms with Crippen LogP contribution in [-0.2, 0) is 41.6 Å². The maximum atomic E-state index is 13.9. The second-order valence-corrected chi connectivity index (χ2v) is 13.8. The third-order valence-corrected chi connectivity index (χ3v) is 8.35. The molecule has 0 aliphatic heterocycles. The van der Waals surface area contributed by atoms with Gasteiger partial charge in [0.05, 0.1) is 0 Å². The van der Waals surface area contributed by atoms with Crippen molar-refractivity contribution in [2.45, 2.75) is 90.5 Å². The summed E-state index contributed by atoms with van der Waals surface area (Å²) in [5, 5.41) is 23.2. The molecule has 5 amide bonds. The molecule has 2 aromatic rings. The molecule has 0 unspecified atom stereocenters. The van der Waals surface area contributed by atoms with Crippen LogP contribution in [0.5, 0.6) is 0 Å². The lowest BCUT2D eigenvalue weighted by molar-refractivity contribution is -0.142.